The molecule has 1 aromatic rings. The molecule has 98 valence electrons. The zero-order valence-corrected chi connectivity index (χ0v) is 10.4. The second-order valence-corrected chi connectivity index (χ2v) is 3.99. The molecule has 6 heteroatoms. The molecule has 0 saturated heterocycles. The van der Waals surface area contributed by atoms with E-state index in [-0.39, 0.29) is 12.5 Å². The van der Waals surface area contributed by atoms with Gasteiger partial charge in [0, 0.05) is 26.2 Å². The molecule has 1 atom stereocenters. The number of hydrogen-bond donors (Lipinski definition) is 3. The van der Waals surface area contributed by atoms with Crippen LogP contribution in [0.25, 0.3) is 0 Å². The van der Waals surface area contributed by atoms with Crippen LogP contribution in [0.15, 0.2) is 18.3 Å². The molecule has 0 aliphatic carbocycles. The summed E-state index contributed by atoms with van der Waals surface area (Å²) < 4.78 is 0. The molecule has 18 heavy (non-hydrogen) atoms. The fourth-order valence-electron chi connectivity index (χ4n) is 1.48. The van der Waals surface area contributed by atoms with E-state index in [2.05, 4.69) is 15.6 Å². The fraction of sp³-hybridized carbons (Fsp3) is 0.417. The summed E-state index contributed by atoms with van der Waals surface area (Å²) in [6.45, 7) is 3.85. The predicted molar refractivity (Wildman–Crippen MR) is 65.9 cm³/mol. The molecule has 0 aliphatic heterocycles. The Morgan fingerprint density at radius 2 is 2.22 bits per heavy atom. The van der Waals surface area contributed by atoms with Crippen LogP contribution in [0.1, 0.15) is 18.2 Å². The number of pyridine rings is 1. The number of carboxylic acid groups (broad SMARTS) is 1. The highest BCUT2D eigenvalue weighted by molar-refractivity contribution is 5.82. The van der Waals surface area contributed by atoms with E-state index < -0.39 is 12.0 Å². The van der Waals surface area contributed by atoms with Gasteiger partial charge in [-0.25, -0.2) is 4.79 Å². The van der Waals surface area contributed by atoms with Gasteiger partial charge in [-0.15, -0.1) is 0 Å². The van der Waals surface area contributed by atoms with E-state index in [1.807, 2.05) is 19.1 Å². The molecule has 3 N–H and O–H groups in total. The first kappa shape index (κ1) is 14.1. The summed E-state index contributed by atoms with van der Waals surface area (Å²) in [5.41, 5.74) is 1.90. The van der Waals surface area contributed by atoms with Gasteiger partial charge in [0.15, 0.2) is 0 Å². The van der Waals surface area contributed by atoms with Crippen molar-refractivity contribution >= 4 is 11.9 Å². The number of nitrogens with zero attached hydrogens (tertiary/aromatic N) is 1. The summed E-state index contributed by atoms with van der Waals surface area (Å²) in [5.74, 6) is -1.42. The number of amides is 1. The Morgan fingerprint density at radius 1 is 1.50 bits per heavy atom. The van der Waals surface area contributed by atoms with Crippen molar-refractivity contribution in [3.63, 3.8) is 0 Å². The third-order valence-corrected chi connectivity index (χ3v) is 2.43. The highest BCUT2D eigenvalue weighted by Crippen LogP contribution is 2.02. The van der Waals surface area contributed by atoms with Crippen molar-refractivity contribution in [1.82, 2.24) is 15.6 Å². The van der Waals surface area contributed by atoms with Crippen LogP contribution in [0.2, 0.25) is 0 Å². The second-order valence-electron chi connectivity index (χ2n) is 3.99. The van der Waals surface area contributed by atoms with Crippen LogP contribution in [0, 0.1) is 6.92 Å². The smallest absolute Gasteiger partial charge is 0.327 e. The Labute approximate surface area is 105 Å². The first-order chi connectivity index (χ1) is 8.50. The maximum atomic E-state index is 10.9. The molecular formula is C12H17N3O3. The lowest BCUT2D eigenvalue weighted by Crippen LogP contribution is -2.46. The highest BCUT2D eigenvalue weighted by atomic mass is 16.4. The van der Waals surface area contributed by atoms with E-state index >= 15 is 0 Å². The third kappa shape index (κ3) is 4.50. The van der Waals surface area contributed by atoms with E-state index in [1.54, 1.807) is 6.20 Å². The third-order valence-electron chi connectivity index (χ3n) is 2.43. The van der Waals surface area contributed by atoms with E-state index in [0.29, 0.717) is 6.54 Å². The Balaban J connectivity index is 2.46. The van der Waals surface area contributed by atoms with Crippen LogP contribution in [0.4, 0.5) is 0 Å². The summed E-state index contributed by atoms with van der Waals surface area (Å²) >= 11 is 0. The molecule has 0 saturated carbocycles. The van der Waals surface area contributed by atoms with E-state index in [1.165, 1.54) is 6.92 Å². The summed E-state index contributed by atoms with van der Waals surface area (Å²) in [4.78, 5) is 25.9. The maximum absolute atomic E-state index is 10.9. The normalized spacial score (nSPS) is 11.9. The molecule has 6 nitrogen and oxygen atoms in total. The van der Waals surface area contributed by atoms with Crippen molar-refractivity contribution in [3.8, 4) is 0 Å². The summed E-state index contributed by atoms with van der Waals surface area (Å²) in [7, 11) is 0. The molecule has 1 rings (SSSR count). The zero-order valence-electron chi connectivity index (χ0n) is 10.4. The number of aliphatic carboxylic acids is 1. The van der Waals surface area contributed by atoms with Crippen LogP contribution in [-0.4, -0.2) is 34.6 Å². The summed E-state index contributed by atoms with van der Waals surface area (Å²) in [5, 5.41) is 14.2. The molecule has 0 spiro atoms. The lowest BCUT2D eigenvalue weighted by Gasteiger charge is -2.14. The molecule has 1 aromatic heterocycles. The number of aromatic nitrogens is 1. The van der Waals surface area contributed by atoms with Crippen molar-refractivity contribution in [2.24, 2.45) is 0 Å². The van der Waals surface area contributed by atoms with Crippen molar-refractivity contribution in [2.75, 3.05) is 6.54 Å². The Kier molecular flexibility index (Phi) is 5.26. The van der Waals surface area contributed by atoms with Crippen LogP contribution in [-0.2, 0) is 16.1 Å². The molecule has 0 bridgehead atoms. The zero-order chi connectivity index (χ0) is 13.5. The van der Waals surface area contributed by atoms with Crippen LogP contribution in [0.5, 0.6) is 0 Å². The average Bonchev–Trinajstić information content (AvgIpc) is 2.29. The minimum absolute atomic E-state index is 0.158. The molecule has 1 heterocycles. The topological polar surface area (TPSA) is 91.3 Å². The monoisotopic (exact) mass is 251 g/mol. The number of carboxylic acids is 1. The minimum atomic E-state index is -1.06. The number of hydrogen-bond acceptors (Lipinski definition) is 4. The Morgan fingerprint density at radius 3 is 2.78 bits per heavy atom. The van der Waals surface area contributed by atoms with Gasteiger partial charge in [-0.2, -0.15) is 0 Å². The minimum Gasteiger partial charge on any atom is -0.480 e. The SMILES string of the molecule is CC(=O)NC(CNCc1ncccc1C)C(=O)O. The van der Waals surface area contributed by atoms with Gasteiger partial charge in [-0.1, -0.05) is 6.07 Å². The Hall–Kier alpha value is -1.95. The average molecular weight is 251 g/mol. The number of carbonyl (C=O) groups excluding carboxylic acids is 1. The van der Waals surface area contributed by atoms with Gasteiger partial charge in [0.25, 0.3) is 0 Å². The van der Waals surface area contributed by atoms with Gasteiger partial charge in [-0.05, 0) is 18.6 Å². The fourth-order valence-corrected chi connectivity index (χ4v) is 1.48. The van der Waals surface area contributed by atoms with Crippen molar-refractivity contribution in [3.05, 3.63) is 29.6 Å². The van der Waals surface area contributed by atoms with E-state index in [9.17, 15) is 9.59 Å². The largest absolute Gasteiger partial charge is 0.480 e. The maximum Gasteiger partial charge on any atom is 0.327 e. The van der Waals surface area contributed by atoms with E-state index in [4.69, 9.17) is 5.11 Å². The summed E-state index contributed by atoms with van der Waals surface area (Å²) in [6.07, 6.45) is 1.69. The first-order valence-corrected chi connectivity index (χ1v) is 5.62. The van der Waals surface area contributed by atoms with E-state index in [0.717, 1.165) is 11.3 Å². The van der Waals surface area contributed by atoms with Crippen molar-refractivity contribution in [1.29, 1.82) is 0 Å². The van der Waals surface area contributed by atoms with Gasteiger partial charge in [0.05, 0.1) is 5.69 Å². The van der Waals surface area contributed by atoms with Gasteiger partial charge in [0.1, 0.15) is 6.04 Å². The van der Waals surface area contributed by atoms with Crippen molar-refractivity contribution < 1.29 is 14.7 Å². The van der Waals surface area contributed by atoms with Crippen LogP contribution >= 0.6 is 0 Å². The molecule has 0 fully saturated rings. The molecule has 1 amide bonds. The first-order valence-electron chi connectivity index (χ1n) is 5.62. The van der Waals surface area contributed by atoms with Crippen LogP contribution in [0.3, 0.4) is 0 Å². The number of rotatable bonds is 6. The van der Waals surface area contributed by atoms with Gasteiger partial charge < -0.3 is 15.7 Å². The highest BCUT2D eigenvalue weighted by Gasteiger charge is 2.17. The summed E-state index contributed by atoms with van der Waals surface area (Å²) in [6, 6.07) is 2.86. The molecular weight excluding hydrogens is 234 g/mol. The molecule has 0 aliphatic rings. The number of carbonyl (C=O) groups is 2. The molecule has 1 unspecified atom stereocenters. The second kappa shape index (κ2) is 6.70. The predicted octanol–water partition coefficient (Wildman–Crippen LogP) is 0.0689. The van der Waals surface area contributed by atoms with Gasteiger partial charge in [0.2, 0.25) is 5.91 Å². The quantitative estimate of drug-likeness (QED) is 0.665. The lowest BCUT2D eigenvalue weighted by molar-refractivity contribution is -0.141. The Bertz CT molecular complexity index is 434. The van der Waals surface area contributed by atoms with Crippen molar-refractivity contribution in [2.45, 2.75) is 26.4 Å². The number of nitrogens with one attached hydrogen (secondary N) is 2. The van der Waals surface area contributed by atoms with Crippen LogP contribution < -0.4 is 10.6 Å². The number of aryl methyl sites for hydroxylation is 1. The van der Waals surface area contributed by atoms with Gasteiger partial charge >= 0.3 is 5.97 Å². The molecule has 0 radical (unpaired) electrons. The molecule has 0 aromatic carbocycles. The lowest BCUT2D eigenvalue weighted by atomic mass is 10.2. The van der Waals surface area contributed by atoms with Gasteiger partial charge in [-0.3, -0.25) is 9.78 Å². The standard InChI is InChI=1S/C12H17N3O3/c1-8-4-3-5-14-10(8)6-13-7-11(12(17)18)15-9(2)16/h3-5,11,13H,6-7H2,1-2H3,(H,15,16)(H,17,18).